The third kappa shape index (κ3) is 4.50. The van der Waals surface area contributed by atoms with Gasteiger partial charge in [-0.3, -0.25) is 24.3 Å². The van der Waals surface area contributed by atoms with Crippen molar-refractivity contribution >= 4 is 34.8 Å². The van der Waals surface area contributed by atoms with E-state index in [0.717, 1.165) is 11.3 Å². The Morgan fingerprint density at radius 2 is 1.78 bits per heavy atom. The number of piperazine rings is 1. The predicted molar refractivity (Wildman–Crippen MR) is 124 cm³/mol. The largest absolute Gasteiger partial charge is 0.367 e. The Morgan fingerprint density at radius 1 is 1.09 bits per heavy atom. The second-order valence-electron chi connectivity index (χ2n) is 8.79. The molecule has 0 saturated carbocycles. The van der Waals surface area contributed by atoms with Crippen molar-refractivity contribution in [2.24, 2.45) is 5.92 Å². The molecule has 1 N–H and O–H groups in total. The molecule has 0 aliphatic carbocycles. The maximum absolute atomic E-state index is 12.9. The van der Waals surface area contributed by atoms with E-state index in [-0.39, 0.29) is 17.4 Å². The molecule has 9 heteroatoms. The van der Waals surface area contributed by atoms with E-state index in [2.05, 4.69) is 33.9 Å². The molecular weight excluding hydrogens is 430 g/mol. The van der Waals surface area contributed by atoms with Crippen LogP contribution in [0.1, 0.15) is 38.2 Å². The molecule has 3 heterocycles. The van der Waals surface area contributed by atoms with Gasteiger partial charge in [0.1, 0.15) is 5.69 Å². The maximum atomic E-state index is 12.9. The molecule has 2 fully saturated rings. The van der Waals surface area contributed by atoms with Gasteiger partial charge in [0, 0.05) is 39.1 Å². The van der Waals surface area contributed by atoms with Gasteiger partial charge in [-0.2, -0.15) is 0 Å². The Bertz CT molecular complexity index is 1080. The third-order valence-electron chi connectivity index (χ3n) is 6.03. The van der Waals surface area contributed by atoms with Crippen LogP contribution in [0, 0.1) is 5.92 Å². The van der Waals surface area contributed by atoms with E-state index in [1.165, 1.54) is 0 Å². The van der Waals surface area contributed by atoms with Crippen LogP contribution in [0.3, 0.4) is 0 Å². The standard InChI is InChI=1S/C23H28ClN5O3/c1-15(2)13-29-14-25-12-19(23(29)32)28-10-8-27(9-11-28)18-5-3-4-16(21(18)24)17-6-7-20(30)26-22(17)31/h3-5,12,14-15,17H,6-11,13H2,1-2H3,(H,26,30,31). The van der Waals surface area contributed by atoms with E-state index in [1.54, 1.807) is 17.1 Å². The van der Waals surface area contributed by atoms with Crippen molar-refractivity contribution in [2.45, 2.75) is 39.2 Å². The molecule has 2 amide bonds. The smallest absolute Gasteiger partial charge is 0.276 e. The lowest BCUT2D eigenvalue weighted by atomic mass is 9.90. The second-order valence-corrected chi connectivity index (χ2v) is 9.17. The van der Waals surface area contributed by atoms with Gasteiger partial charge < -0.3 is 9.80 Å². The first-order valence-corrected chi connectivity index (χ1v) is 11.4. The minimum atomic E-state index is -0.420. The number of piperidine rings is 1. The van der Waals surface area contributed by atoms with Gasteiger partial charge in [-0.25, -0.2) is 4.98 Å². The van der Waals surface area contributed by atoms with Crippen molar-refractivity contribution in [3.63, 3.8) is 0 Å². The number of benzene rings is 1. The van der Waals surface area contributed by atoms with Crippen molar-refractivity contribution in [1.82, 2.24) is 14.9 Å². The molecule has 1 aromatic heterocycles. The summed E-state index contributed by atoms with van der Waals surface area (Å²) in [6.45, 7) is 7.51. The van der Waals surface area contributed by atoms with Gasteiger partial charge in [-0.15, -0.1) is 0 Å². The fraction of sp³-hybridized carbons (Fsp3) is 0.478. The fourth-order valence-electron chi connectivity index (χ4n) is 4.41. The molecule has 1 unspecified atom stereocenters. The number of nitrogens with one attached hydrogen (secondary N) is 1. The van der Waals surface area contributed by atoms with Crippen LogP contribution in [0.5, 0.6) is 0 Å². The fourth-order valence-corrected chi connectivity index (χ4v) is 4.79. The second kappa shape index (κ2) is 9.32. The highest BCUT2D eigenvalue weighted by molar-refractivity contribution is 6.34. The minimum Gasteiger partial charge on any atom is -0.367 e. The van der Waals surface area contributed by atoms with Crippen LogP contribution in [0.25, 0.3) is 0 Å². The molecule has 4 rings (SSSR count). The number of hydrogen-bond acceptors (Lipinski definition) is 6. The average molecular weight is 458 g/mol. The number of amides is 2. The molecule has 1 atom stereocenters. The van der Waals surface area contributed by atoms with Crippen LogP contribution in [0.2, 0.25) is 5.02 Å². The Morgan fingerprint density at radius 3 is 2.44 bits per heavy atom. The van der Waals surface area contributed by atoms with Crippen LogP contribution in [0.4, 0.5) is 11.4 Å². The highest BCUT2D eigenvalue weighted by Crippen LogP contribution is 2.37. The first-order chi connectivity index (χ1) is 15.3. The molecule has 2 saturated heterocycles. The normalized spacial score (nSPS) is 19.4. The number of rotatable bonds is 5. The molecule has 1 aromatic carbocycles. The summed E-state index contributed by atoms with van der Waals surface area (Å²) in [5, 5.41) is 2.96. The van der Waals surface area contributed by atoms with Crippen molar-refractivity contribution in [3.05, 3.63) is 51.7 Å². The molecule has 32 heavy (non-hydrogen) atoms. The zero-order valence-electron chi connectivity index (χ0n) is 18.4. The van der Waals surface area contributed by atoms with E-state index in [4.69, 9.17) is 11.6 Å². The summed E-state index contributed by atoms with van der Waals surface area (Å²) >= 11 is 6.74. The molecule has 0 bridgehead atoms. The molecular formula is C23H28ClN5O3. The lowest BCUT2D eigenvalue weighted by Gasteiger charge is -2.37. The Balaban J connectivity index is 1.49. The first-order valence-electron chi connectivity index (χ1n) is 11.0. The van der Waals surface area contributed by atoms with Gasteiger partial charge in [0.05, 0.1) is 29.2 Å². The van der Waals surface area contributed by atoms with Crippen molar-refractivity contribution in [1.29, 1.82) is 0 Å². The molecule has 170 valence electrons. The number of carbonyl (C=O) groups is 2. The quantitative estimate of drug-likeness (QED) is 0.694. The Labute approximate surface area is 192 Å². The number of nitrogens with zero attached hydrogens (tertiary/aromatic N) is 4. The lowest BCUT2D eigenvalue weighted by Crippen LogP contribution is -2.48. The van der Waals surface area contributed by atoms with Gasteiger partial charge in [0.15, 0.2) is 0 Å². The van der Waals surface area contributed by atoms with Crippen molar-refractivity contribution in [3.8, 4) is 0 Å². The highest BCUT2D eigenvalue weighted by atomic mass is 35.5. The topological polar surface area (TPSA) is 87.5 Å². The van der Waals surface area contributed by atoms with Crippen molar-refractivity contribution < 1.29 is 9.59 Å². The summed E-state index contributed by atoms with van der Waals surface area (Å²) in [6.07, 6.45) is 4.02. The number of halogens is 1. The van der Waals surface area contributed by atoms with Crippen LogP contribution < -0.4 is 20.7 Å². The Kier molecular flexibility index (Phi) is 6.50. The third-order valence-corrected chi connectivity index (χ3v) is 6.44. The number of hydrogen-bond donors (Lipinski definition) is 1. The van der Waals surface area contributed by atoms with E-state index >= 15 is 0 Å². The van der Waals surface area contributed by atoms with E-state index in [0.29, 0.717) is 62.2 Å². The van der Waals surface area contributed by atoms with E-state index < -0.39 is 5.92 Å². The van der Waals surface area contributed by atoms with E-state index in [1.807, 2.05) is 18.2 Å². The molecule has 8 nitrogen and oxygen atoms in total. The Hall–Kier alpha value is -2.87. The van der Waals surface area contributed by atoms with Crippen LogP contribution in [-0.4, -0.2) is 47.5 Å². The van der Waals surface area contributed by atoms with Gasteiger partial charge in [-0.05, 0) is 24.0 Å². The molecule has 2 aromatic rings. The monoisotopic (exact) mass is 457 g/mol. The summed E-state index contributed by atoms with van der Waals surface area (Å²) < 4.78 is 1.67. The average Bonchev–Trinajstić information content (AvgIpc) is 2.76. The SMILES string of the molecule is CC(C)Cn1cncc(N2CCN(c3cccc(C4CCC(=O)NC4=O)c3Cl)CC2)c1=O. The van der Waals surface area contributed by atoms with Gasteiger partial charge in [0.2, 0.25) is 11.8 Å². The summed E-state index contributed by atoms with van der Waals surface area (Å²) in [6, 6.07) is 5.71. The summed E-state index contributed by atoms with van der Waals surface area (Å²) in [5.41, 5.74) is 2.23. The van der Waals surface area contributed by atoms with Crippen molar-refractivity contribution in [2.75, 3.05) is 36.0 Å². The number of carbonyl (C=O) groups excluding carboxylic acids is 2. The molecule has 0 radical (unpaired) electrons. The lowest BCUT2D eigenvalue weighted by molar-refractivity contribution is -0.134. The van der Waals surface area contributed by atoms with Gasteiger partial charge in [0.25, 0.3) is 5.56 Å². The van der Waals surface area contributed by atoms with Crippen LogP contribution in [-0.2, 0) is 16.1 Å². The zero-order chi connectivity index (χ0) is 22.8. The van der Waals surface area contributed by atoms with Crippen LogP contribution in [0.15, 0.2) is 35.5 Å². The zero-order valence-corrected chi connectivity index (χ0v) is 19.1. The predicted octanol–water partition coefficient (Wildman–Crippen LogP) is 2.40. The van der Waals surface area contributed by atoms with E-state index in [9.17, 15) is 14.4 Å². The molecule has 2 aliphatic heterocycles. The van der Waals surface area contributed by atoms with Crippen LogP contribution >= 0.6 is 11.6 Å². The first kappa shape index (κ1) is 22.3. The summed E-state index contributed by atoms with van der Waals surface area (Å²) in [7, 11) is 0. The highest BCUT2D eigenvalue weighted by Gasteiger charge is 2.31. The summed E-state index contributed by atoms with van der Waals surface area (Å²) in [5.74, 6) is -0.589. The van der Waals surface area contributed by atoms with Gasteiger partial charge in [-0.1, -0.05) is 37.6 Å². The molecule has 0 spiro atoms. The molecule has 2 aliphatic rings. The maximum Gasteiger partial charge on any atom is 0.276 e. The minimum absolute atomic E-state index is 0.0139. The number of anilines is 2. The number of aromatic nitrogens is 2. The summed E-state index contributed by atoms with van der Waals surface area (Å²) in [4.78, 5) is 45.2. The number of imide groups is 1. The van der Waals surface area contributed by atoms with Gasteiger partial charge >= 0.3 is 0 Å².